The summed E-state index contributed by atoms with van der Waals surface area (Å²) < 4.78 is 0. The number of ketones is 1. The summed E-state index contributed by atoms with van der Waals surface area (Å²) >= 11 is 0. The van der Waals surface area contributed by atoms with Gasteiger partial charge in [0, 0.05) is 12.1 Å². The third-order valence-corrected chi connectivity index (χ3v) is 5.26. The molecule has 2 aliphatic rings. The topological polar surface area (TPSA) is 111 Å². The SMILES string of the molecule is CCCC(=O)C1=C(O)C(=O)N(c2ccc3c(c2)NON3c2ccc3[nH]cnc3c2)C1. The summed E-state index contributed by atoms with van der Waals surface area (Å²) in [5.74, 6) is -1.24. The molecular formula is C21H19N5O4. The van der Waals surface area contributed by atoms with Crippen molar-refractivity contribution in [3.8, 4) is 0 Å². The van der Waals surface area contributed by atoms with Gasteiger partial charge in [-0.25, -0.2) is 10.5 Å². The lowest BCUT2D eigenvalue weighted by Gasteiger charge is -2.18. The minimum Gasteiger partial charge on any atom is -0.503 e. The third kappa shape index (κ3) is 2.79. The first-order valence-corrected chi connectivity index (χ1v) is 9.64. The average Bonchev–Trinajstić information content (AvgIpc) is 3.45. The van der Waals surface area contributed by atoms with Crippen LogP contribution in [0.1, 0.15) is 19.8 Å². The van der Waals surface area contributed by atoms with Crippen LogP contribution in [-0.4, -0.2) is 33.3 Å². The van der Waals surface area contributed by atoms with Gasteiger partial charge in [-0.2, -0.15) is 10.0 Å². The van der Waals surface area contributed by atoms with Crippen molar-refractivity contribution in [1.82, 2.24) is 9.97 Å². The molecule has 30 heavy (non-hydrogen) atoms. The minimum absolute atomic E-state index is 0.0582. The molecular weight excluding hydrogens is 386 g/mol. The van der Waals surface area contributed by atoms with Crippen molar-refractivity contribution in [2.45, 2.75) is 19.8 Å². The van der Waals surface area contributed by atoms with Crippen LogP contribution in [0.2, 0.25) is 0 Å². The zero-order chi connectivity index (χ0) is 20.8. The highest BCUT2D eigenvalue weighted by molar-refractivity contribution is 6.15. The second-order valence-corrected chi connectivity index (χ2v) is 7.18. The monoisotopic (exact) mass is 405 g/mol. The first-order chi connectivity index (χ1) is 14.6. The molecule has 2 aromatic carbocycles. The van der Waals surface area contributed by atoms with Crippen molar-refractivity contribution < 1.29 is 19.6 Å². The number of hydrogen-bond donors (Lipinski definition) is 3. The van der Waals surface area contributed by atoms with Gasteiger partial charge in [0.2, 0.25) is 0 Å². The molecule has 9 heteroatoms. The lowest BCUT2D eigenvalue weighted by molar-refractivity contribution is -0.118. The molecule has 9 nitrogen and oxygen atoms in total. The highest BCUT2D eigenvalue weighted by Gasteiger charge is 2.35. The number of benzene rings is 2. The maximum absolute atomic E-state index is 12.5. The van der Waals surface area contributed by atoms with E-state index in [4.69, 9.17) is 4.94 Å². The zero-order valence-corrected chi connectivity index (χ0v) is 16.2. The summed E-state index contributed by atoms with van der Waals surface area (Å²) in [5, 5.41) is 11.8. The number of anilines is 4. The zero-order valence-electron chi connectivity index (χ0n) is 16.2. The number of hydrogen-bond acceptors (Lipinski definition) is 7. The summed E-state index contributed by atoms with van der Waals surface area (Å²) in [5.41, 5.74) is 7.53. The van der Waals surface area contributed by atoms with E-state index in [0.717, 1.165) is 22.4 Å². The van der Waals surface area contributed by atoms with Crippen LogP contribution in [-0.2, 0) is 14.5 Å². The van der Waals surface area contributed by atoms with E-state index in [1.165, 1.54) is 4.90 Å². The first kappa shape index (κ1) is 18.2. The Morgan fingerprint density at radius 1 is 1.23 bits per heavy atom. The van der Waals surface area contributed by atoms with E-state index in [-0.39, 0.29) is 17.9 Å². The smallest absolute Gasteiger partial charge is 0.293 e. The van der Waals surface area contributed by atoms with Crippen LogP contribution in [0.25, 0.3) is 11.0 Å². The van der Waals surface area contributed by atoms with Crippen LogP contribution < -0.4 is 15.4 Å². The number of nitrogens with one attached hydrogen (secondary N) is 2. The number of rotatable bonds is 5. The number of fused-ring (bicyclic) bond motifs is 2. The molecule has 2 aliphatic heterocycles. The van der Waals surface area contributed by atoms with Gasteiger partial charge in [0.25, 0.3) is 5.91 Å². The fourth-order valence-corrected chi connectivity index (χ4v) is 3.70. The standard InChI is InChI=1S/C21H19N5O4/c1-2-3-19(27)14-10-25(21(29)20(14)28)12-5-7-18-17(8-12)24-30-26(18)13-4-6-15-16(9-13)23-11-22-15/h4-9,11,24,28H,2-3,10H2,1H3,(H,22,23). The van der Waals surface area contributed by atoms with Gasteiger partial charge in [0.1, 0.15) is 0 Å². The fourth-order valence-electron chi connectivity index (χ4n) is 3.70. The summed E-state index contributed by atoms with van der Waals surface area (Å²) in [6.07, 6.45) is 2.59. The van der Waals surface area contributed by atoms with Crippen molar-refractivity contribution in [1.29, 1.82) is 0 Å². The number of aliphatic hydroxyl groups is 1. The summed E-state index contributed by atoms with van der Waals surface area (Å²) in [6.45, 7) is 1.94. The van der Waals surface area contributed by atoms with Crippen molar-refractivity contribution in [2.75, 3.05) is 22.0 Å². The minimum atomic E-state index is -0.575. The number of Topliss-reactive ketones (excluding diaryl/α,β-unsaturated/α-hetero) is 1. The highest BCUT2D eigenvalue weighted by Crippen LogP contribution is 2.41. The molecule has 1 amide bonds. The number of imidazole rings is 1. The van der Waals surface area contributed by atoms with E-state index in [2.05, 4.69) is 15.4 Å². The third-order valence-electron chi connectivity index (χ3n) is 5.26. The molecule has 0 saturated heterocycles. The lowest BCUT2D eigenvalue weighted by Crippen LogP contribution is -2.27. The Kier molecular flexibility index (Phi) is 4.18. The number of H-pyrrole nitrogens is 1. The largest absolute Gasteiger partial charge is 0.503 e. The van der Waals surface area contributed by atoms with Crippen molar-refractivity contribution in [3.63, 3.8) is 0 Å². The molecule has 0 spiro atoms. The Morgan fingerprint density at radius 2 is 2.07 bits per heavy atom. The van der Waals surface area contributed by atoms with E-state index >= 15 is 0 Å². The molecule has 1 aromatic heterocycles. The van der Waals surface area contributed by atoms with E-state index in [0.29, 0.717) is 24.2 Å². The van der Waals surface area contributed by atoms with Crippen LogP contribution in [0.4, 0.5) is 22.7 Å². The number of aromatic nitrogens is 2. The molecule has 3 N–H and O–H groups in total. The van der Waals surface area contributed by atoms with E-state index in [1.54, 1.807) is 23.5 Å². The van der Waals surface area contributed by atoms with Crippen LogP contribution in [0, 0.1) is 0 Å². The quantitative estimate of drug-likeness (QED) is 0.596. The van der Waals surface area contributed by atoms with Gasteiger partial charge in [-0.3, -0.25) is 9.59 Å². The normalized spacial score (nSPS) is 15.8. The number of aliphatic hydroxyl groups excluding tert-OH is 1. The van der Waals surface area contributed by atoms with Gasteiger partial charge in [0.05, 0.1) is 46.5 Å². The number of carbonyl (C=O) groups excluding carboxylic acids is 2. The molecule has 0 fully saturated rings. The van der Waals surface area contributed by atoms with Gasteiger partial charge in [-0.05, 0) is 42.8 Å². The first-order valence-electron chi connectivity index (χ1n) is 9.64. The number of aromatic amines is 1. The Balaban J connectivity index is 1.42. The van der Waals surface area contributed by atoms with E-state index in [9.17, 15) is 14.7 Å². The molecule has 0 saturated carbocycles. The molecule has 0 radical (unpaired) electrons. The number of amides is 1. The molecule has 0 unspecified atom stereocenters. The van der Waals surface area contributed by atoms with Gasteiger partial charge >= 0.3 is 0 Å². The van der Waals surface area contributed by atoms with E-state index < -0.39 is 11.7 Å². The van der Waals surface area contributed by atoms with Crippen LogP contribution in [0.5, 0.6) is 0 Å². The fraction of sp³-hybridized carbons (Fsp3) is 0.190. The lowest BCUT2D eigenvalue weighted by atomic mass is 10.1. The molecule has 0 bridgehead atoms. The van der Waals surface area contributed by atoms with Gasteiger partial charge in [0.15, 0.2) is 11.5 Å². The van der Waals surface area contributed by atoms with Crippen LogP contribution in [0.15, 0.2) is 54.1 Å². The summed E-state index contributed by atoms with van der Waals surface area (Å²) in [4.78, 5) is 39.0. The summed E-state index contributed by atoms with van der Waals surface area (Å²) in [7, 11) is 0. The maximum atomic E-state index is 12.5. The molecule has 5 rings (SSSR count). The predicted molar refractivity (Wildman–Crippen MR) is 111 cm³/mol. The average molecular weight is 405 g/mol. The molecule has 0 aliphatic carbocycles. The highest BCUT2D eigenvalue weighted by atomic mass is 16.8. The Hall–Kier alpha value is -3.85. The number of carbonyl (C=O) groups is 2. The van der Waals surface area contributed by atoms with Gasteiger partial charge in [-0.15, -0.1) is 0 Å². The second kappa shape index (κ2) is 6.89. The predicted octanol–water partition coefficient (Wildman–Crippen LogP) is 3.50. The van der Waals surface area contributed by atoms with Crippen molar-refractivity contribution in [2.24, 2.45) is 0 Å². The molecule has 0 atom stereocenters. The molecule has 152 valence electrons. The van der Waals surface area contributed by atoms with Gasteiger partial charge in [-0.1, -0.05) is 6.92 Å². The van der Waals surface area contributed by atoms with Gasteiger partial charge < -0.3 is 15.0 Å². The van der Waals surface area contributed by atoms with E-state index in [1.807, 2.05) is 31.2 Å². The molecule has 3 heterocycles. The van der Waals surface area contributed by atoms with Crippen LogP contribution >= 0.6 is 0 Å². The number of nitrogens with zero attached hydrogens (tertiary/aromatic N) is 3. The summed E-state index contributed by atoms with van der Waals surface area (Å²) in [6, 6.07) is 11.0. The van der Waals surface area contributed by atoms with Crippen molar-refractivity contribution in [3.05, 3.63) is 54.1 Å². The second-order valence-electron chi connectivity index (χ2n) is 7.18. The van der Waals surface area contributed by atoms with Crippen LogP contribution in [0.3, 0.4) is 0 Å². The Labute approximate surface area is 171 Å². The van der Waals surface area contributed by atoms with Crippen molar-refractivity contribution >= 4 is 45.5 Å². The maximum Gasteiger partial charge on any atom is 0.293 e. The Morgan fingerprint density at radius 3 is 2.90 bits per heavy atom. The Bertz CT molecular complexity index is 1220. The molecule has 3 aromatic rings.